The molecule has 18 heavy (non-hydrogen) atoms. The Hall–Kier alpha value is -0.850. The second kappa shape index (κ2) is 7.56. The zero-order chi connectivity index (χ0) is 13.5. The zero-order valence-corrected chi connectivity index (χ0v) is 11.6. The Morgan fingerprint density at radius 1 is 1.33 bits per heavy atom. The summed E-state index contributed by atoms with van der Waals surface area (Å²) in [6.07, 6.45) is 2.82. The number of carbonyl (C=O) groups excluding carboxylic acids is 2. The molecule has 0 aliphatic carbocycles. The Morgan fingerprint density at radius 2 is 2.06 bits per heavy atom. The van der Waals surface area contributed by atoms with Gasteiger partial charge < -0.3 is 14.2 Å². The third kappa shape index (κ3) is 5.20. The number of rotatable bonds is 5. The van der Waals surface area contributed by atoms with Crippen molar-refractivity contribution >= 4 is 22.8 Å². The van der Waals surface area contributed by atoms with Gasteiger partial charge in [-0.25, -0.2) is 0 Å². The largest absolute Gasteiger partial charge is 0.463 e. The molecule has 0 bridgehead atoms. The Labute approximate surface area is 111 Å². The van der Waals surface area contributed by atoms with Crippen LogP contribution in [0.3, 0.4) is 0 Å². The van der Waals surface area contributed by atoms with Gasteiger partial charge in [0.2, 0.25) is 0 Å². The molecule has 0 saturated carbocycles. The predicted octanol–water partition coefficient (Wildman–Crippen LogP) is 1.52. The van der Waals surface area contributed by atoms with Crippen molar-refractivity contribution in [2.45, 2.75) is 38.4 Å². The van der Waals surface area contributed by atoms with Crippen molar-refractivity contribution in [3.05, 3.63) is 12.2 Å². The SMILES string of the molecule is CCO[C@@H]1C=C[C@H](SC(C)=O)[C@@H](COC(C)=O)O1. The molecule has 0 aromatic carbocycles. The first kappa shape index (κ1) is 15.2. The lowest BCUT2D eigenvalue weighted by Crippen LogP contribution is -2.39. The highest BCUT2D eigenvalue weighted by Gasteiger charge is 2.29. The summed E-state index contributed by atoms with van der Waals surface area (Å²) in [5, 5.41) is -0.158. The molecule has 0 unspecified atom stereocenters. The van der Waals surface area contributed by atoms with Gasteiger partial charge in [0.1, 0.15) is 12.7 Å². The van der Waals surface area contributed by atoms with Crippen LogP contribution < -0.4 is 0 Å². The number of thioether (sulfide) groups is 1. The lowest BCUT2D eigenvalue weighted by atomic mass is 10.2. The van der Waals surface area contributed by atoms with Crippen LogP contribution in [-0.2, 0) is 23.8 Å². The van der Waals surface area contributed by atoms with E-state index in [1.165, 1.54) is 13.8 Å². The van der Waals surface area contributed by atoms with E-state index in [1.807, 2.05) is 13.0 Å². The normalized spacial score (nSPS) is 26.9. The van der Waals surface area contributed by atoms with E-state index in [4.69, 9.17) is 14.2 Å². The van der Waals surface area contributed by atoms with E-state index in [0.29, 0.717) is 6.61 Å². The molecule has 0 amide bonds. The lowest BCUT2D eigenvalue weighted by molar-refractivity contribution is -0.167. The quantitative estimate of drug-likeness (QED) is 0.559. The van der Waals surface area contributed by atoms with Crippen LogP contribution in [0.4, 0.5) is 0 Å². The average Bonchev–Trinajstić information content (AvgIpc) is 2.28. The summed E-state index contributed by atoms with van der Waals surface area (Å²) in [6, 6.07) is 0. The highest BCUT2D eigenvalue weighted by atomic mass is 32.2. The second-order valence-corrected chi connectivity index (χ2v) is 5.11. The van der Waals surface area contributed by atoms with Crippen LogP contribution in [0.5, 0.6) is 0 Å². The van der Waals surface area contributed by atoms with E-state index in [-0.39, 0.29) is 29.0 Å². The summed E-state index contributed by atoms with van der Waals surface area (Å²) in [5.74, 6) is -0.368. The standard InChI is InChI=1S/C12H18O5S/c1-4-15-12-6-5-11(18-9(3)14)10(17-12)7-16-8(2)13/h5-6,10-12H,4,7H2,1-3H3/t10-,11+,12+/m1/s1. The molecule has 0 N–H and O–H groups in total. The van der Waals surface area contributed by atoms with E-state index in [1.54, 1.807) is 6.08 Å². The van der Waals surface area contributed by atoms with Crippen molar-refractivity contribution in [2.24, 2.45) is 0 Å². The molecule has 0 spiro atoms. The molecule has 0 aromatic heterocycles. The van der Waals surface area contributed by atoms with Crippen molar-refractivity contribution < 1.29 is 23.8 Å². The van der Waals surface area contributed by atoms with Gasteiger partial charge >= 0.3 is 5.97 Å². The van der Waals surface area contributed by atoms with Gasteiger partial charge in [-0.1, -0.05) is 17.8 Å². The van der Waals surface area contributed by atoms with Gasteiger partial charge in [-0.2, -0.15) is 0 Å². The van der Waals surface area contributed by atoms with Gasteiger partial charge in [0.05, 0.1) is 5.25 Å². The summed E-state index contributed by atoms with van der Waals surface area (Å²) in [4.78, 5) is 22.0. The third-order valence-corrected chi connectivity index (χ3v) is 3.28. The highest BCUT2D eigenvalue weighted by molar-refractivity contribution is 8.14. The van der Waals surface area contributed by atoms with E-state index in [9.17, 15) is 9.59 Å². The number of esters is 1. The van der Waals surface area contributed by atoms with Crippen LogP contribution in [0, 0.1) is 0 Å². The maximum absolute atomic E-state index is 11.1. The van der Waals surface area contributed by atoms with Crippen molar-refractivity contribution in [1.29, 1.82) is 0 Å². The van der Waals surface area contributed by atoms with Crippen LogP contribution in [0.25, 0.3) is 0 Å². The molecular weight excluding hydrogens is 256 g/mol. The Balaban J connectivity index is 2.62. The van der Waals surface area contributed by atoms with Crippen LogP contribution in [0.1, 0.15) is 20.8 Å². The minimum Gasteiger partial charge on any atom is -0.463 e. The van der Waals surface area contributed by atoms with Crippen LogP contribution in [-0.4, -0.2) is 41.9 Å². The maximum Gasteiger partial charge on any atom is 0.302 e. The molecule has 0 fully saturated rings. The second-order valence-electron chi connectivity index (χ2n) is 3.76. The minimum absolute atomic E-state index is 0.00376. The van der Waals surface area contributed by atoms with Gasteiger partial charge in [-0.05, 0) is 13.0 Å². The van der Waals surface area contributed by atoms with Crippen molar-refractivity contribution in [2.75, 3.05) is 13.2 Å². The topological polar surface area (TPSA) is 61.8 Å². The van der Waals surface area contributed by atoms with Gasteiger partial charge in [-0.3, -0.25) is 9.59 Å². The zero-order valence-electron chi connectivity index (χ0n) is 10.8. The molecule has 1 aliphatic heterocycles. The fourth-order valence-electron chi connectivity index (χ4n) is 1.52. The summed E-state index contributed by atoms with van der Waals surface area (Å²) in [5.41, 5.74) is 0. The van der Waals surface area contributed by atoms with E-state index < -0.39 is 6.29 Å². The van der Waals surface area contributed by atoms with Gasteiger partial charge in [0.15, 0.2) is 11.4 Å². The summed E-state index contributed by atoms with van der Waals surface area (Å²) < 4.78 is 15.9. The van der Waals surface area contributed by atoms with E-state index in [0.717, 1.165) is 11.8 Å². The highest BCUT2D eigenvalue weighted by Crippen LogP contribution is 2.25. The Kier molecular flexibility index (Phi) is 6.38. The number of hydrogen-bond donors (Lipinski definition) is 0. The molecule has 1 rings (SSSR count). The molecule has 3 atom stereocenters. The average molecular weight is 274 g/mol. The summed E-state index contributed by atoms with van der Waals surface area (Å²) >= 11 is 1.16. The molecule has 1 aliphatic rings. The molecule has 0 radical (unpaired) electrons. The van der Waals surface area contributed by atoms with Gasteiger partial charge in [0.25, 0.3) is 0 Å². The van der Waals surface area contributed by atoms with E-state index >= 15 is 0 Å². The summed E-state index contributed by atoms with van der Waals surface area (Å²) in [6.45, 7) is 5.35. The van der Waals surface area contributed by atoms with Gasteiger partial charge in [-0.15, -0.1) is 0 Å². The fraction of sp³-hybridized carbons (Fsp3) is 0.667. The van der Waals surface area contributed by atoms with Crippen molar-refractivity contribution in [3.8, 4) is 0 Å². The number of carbonyl (C=O) groups is 2. The van der Waals surface area contributed by atoms with Crippen molar-refractivity contribution in [1.82, 2.24) is 0 Å². The van der Waals surface area contributed by atoms with E-state index in [2.05, 4.69) is 0 Å². The minimum atomic E-state index is -0.445. The van der Waals surface area contributed by atoms with Gasteiger partial charge in [0, 0.05) is 20.5 Å². The first-order valence-electron chi connectivity index (χ1n) is 5.79. The number of ether oxygens (including phenoxy) is 3. The van der Waals surface area contributed by atoms with Crippen LogP contribution in [0.15, 0.2) is 12.2 Å². The third-order valence-electron chi connectivity index (χ3n) is 2.22. The van der Waals surface area contributed by atoms with Crippen molar-refractivity contribution in [3.63, 3.8) is 0 Å². The maximum atomic E-state index is 11.1. The first-order chi connectivity index (χ1) is 8.52. The summed E-state index contributed by atoms with van der Waals surface area (Å²) in [7, 11) is 0. The smallest absolute Gasteiger partial charge is 0.302 e. The lowest BCUT2D eigenvalue weighted by Gasteiger charge is -2.30. The predicted molar refractivity (Wildman–Crippen MR) is 68.1 cm³/mol. The number of hydrogen-bond acceptors (Lipinski definition) is 6. The molecule has 1 heterocycles. The Morgan fingerprint density at radius 3 is 2.61 bits per heavy atom. The monoisotopic (exact) mass is 274 g/mol. The molecule has 0 saturated heterocycles. The molecule has 6 heteroatoms. The van der Waals surface area contributed by atoms with Crippen LogP contribution >= 0.6 is 11.8 Å². The molecule has 102 valence electrons. The molecule has 5 nitrogen and oxygen atoms in total. The van der Waals surface area contributed by atoms with Crippen LogP contribution in [0.2, 0.25) is 0 Å². The molecule has 0 aromatic rings. The first-order valence-corrected chi connectivity index (χ1v) is 6.66. The molecular formula is C12H18O5S. The Bertz CT molecular complexity index is 328. The fourth-order valence-corrected chi connectivity index (χ4v) is 2.37.